The molecule has 7 heteroatoms. The Bertz CT molecular complexity index is 772. The van der Waals surface area contributed by atoms with E-state index in [1.54, 1.807) is 24.1 Å². The first kappa shape index (κ1) is 24.5. The summed E-state index contributed by atoms with van der Waals surface area (Å²) in [5.41, 5.74) is -1.37. The fourth-order valence-corrected chi connectivity index (χ4v) is 3.95. The molecular weight excluding hydrogens is 404 g/mol. The number of likely N-dealkylation sites (tertiary alicyclic amines) is 1. The highest BCUT2D eigenvalue weighted by molar-refractivity contribution is 6.30. The number of benzene rings is 1. The third-order valence-corrected chi connectivity index (χ3v) is 6.19. The summed E-state index contributed by atoms with van der Waals surface area (Å²) in [7, 11) is 1.64. The number of ether oxygens (including phenoxy) is 1. The largest absolute Gasteiger partial charge is 0.444 e. The highest BCUT2D eigenvalue weighted by atomic mass is 35.5. The summed E-state index contributed by atoms with van der Waals surface area (Å²) in [5, 5.41) is 12.1. The van der Waals surface area contributed by atoms with Gasteiger partial charge in [-0.25, -0.2) is 4.79 Å². The molecule has 0 radical (unpaired) electrons. The fourth-order valence-electron chi connectivity index (χ4n) is 3.83. The van der Waals surface area contributed by atoms with Gasteiger partial charge in [-0.15, -0.1) is 0 Å². The monoisotopic (exact) mass is 438 g/mol. The summed E-state index contributed by atoms with van der Waals surface area (Å²) >= 11 is 5.99. The van der Waals surface area contributed by atoms with Crippen molar-refractivity contribution in [1.29, 1.82) is 0 Å². The minimum Gasteiger partial charge on any atom is -0.444 e. The summed E-state index contributed by atoms with van der Waals surface area (Å²) in [6.45, 7) is 12.1. The SMILES string of the molecule is CC(CC(=O)N1CCC(O)(c2ccc(Cl)cc2)C(C)(C)C1)N(C)C(=O)OC(C)(C)C. The molecule has 0 aliphatic carbocycles. The van der Waals surface area contributed by atoms with Crippen LogP contribution < -0.4 is 0 Å². The number of rotatable bonds is 4. The number of hydrogen-bond acceptors (Lipinski definition) is 4. The van der Waals surface area contributed by atoms with Crippen molar-refractivity contribution in [2.24, 2.45) is 5.41 Å². The third kappa shape index (κ3) is 5.46. The second-order valence-corrected chi connectivity index (χ2v) is 10.4. The van der Waals surface area contributed by atoms with Crippen LogP contribution in [0.3, 0.4) is 0 Å². The van der Waals surface area contributed by atoms with Gasteiger partial charge in [-0.3, -0.25) is 4.79 Å². The molecule has 1 aromatic carbocycles. The molecule has 1 N–H and O–H groups in total. The number of aliphatic hydroxyl groups is 1. The number of nitrogens with zero attached hydrogens (tertiary/aromatic N) is 2. The average molecular weight is 439 g/mol. The highest BCUT2D eigenvalue weighted by Gasteiger charge is 2.49. The van der Waals surface area contributed by atoms with Crippen molar-refractivity contribution in [3.8, 4) is 0 Å². The lowest BCUT2D eigenvalue weighted by Gasteiger charge is -2.50. The van der Waals surface area contributed by atoms with Crippen LogP contribution in [0.1, 0.15) is 59.9 Å². The van der Waals surface area contributed by atoms with Crippen molar-refractivity contribution in [3.05, 3.63) is 34.9 Å². The van der Waals surface area contributed by atoms with E-state index in [1.165, 1.54) is 4.90 Å². The maximum absolute atomic E-state index is 12.9. The van der Waals surface area contributed by atoms with Gasteiger partial charge in [0.25, 0.3) is 0 Å². The Balaban J connectivity index is 2.04. The fraction of sp³-hybridized carbons (Fsp3) is 0.652. The molecule has 0 spiro atoms. The van der Waals surface area contributed by atoms with Crippen LogP contribution in [0, 0.1) is 5.41 Å². The van der Waals surface area contributed by atoms with Crippen LogP contribution in [0.2, 0.25) is 5.02 Å². The molecule has 2 amide bonds. The molecule has 0 aromatic heterocycles. The zero-order valence-electron chi connectivity index (χ0n) is 19.2. The molecule has 1 aliphatic rings. The molecule has 1 aromatic rings. The lowest BCUT2D eigenvalue weighted by atomic mass is 9.66. The summed E-state index contributed by atoms with van der Waals surface area (Å²) in [6, 6.07) is 6.94. The summed E-state index contributed by atoms with van der Waals surface area (Å²) in [4.78, 5) is 28.5. The van der Waals surface area contributed by atoms with Gasteiger partial charge in [0, 0.05) is 43.0 Å². The predicted molar refractivity (Wildman–Crippen MR) is 118 cm³/mol. The smallest absolute Gasteiger partial charge is 0.410 e. The van der Waals surface area contributed by atoms with Crippen LogP contribution in [-0.2, 0) is 15.1 Å². The molecule has 30 heavy (non-hydrogen) atoms. The van der Waals surface area contributed by atoms with E-state index in [0.29, 0.717) is 24.5 Å². The Morgan fingerprint density at radius 3 is 2.33 bits per heavy atom. The molecular formula is C23H35ClN2O4. The van der Waals surface area contributed by atoms with Crippen LogP contribution in [0.15, 0.2) is 24.3 Å². The maximum Gasteiger partial charge on any atom is 0.410 e. The molecule has 1 heterocycles. The zero-order valence-corrected chi connectivity index (χ0v) is 19.9. The van der Waals surface area contributed by atoms with Crippen molar-refractivity contribution in [1.82, 2.24) is 9.80 Å². The molecule has 2 unspecified atom stereocenters. The second-order valence-electron chi connectivity index (χ2n) is 9.96. The van der Waals surface area contributed by atoms with Crippen molar-refractivity contribution >= 4 is 23.6 Å². The predicted octanol–water partition coefficient (Wildman–Crippen LogP) is 4.43. The molecule has 168 valence electrons. The van der Waals surface area contributed by atoms with E-state index >= 15 is 0 Å². The summed E-state index contributed by atoms with van der Waals surface area (Å²) in [6.07, 6.45) is 0.188. The van der Waals surface area contributed by atoms with E-state index in [2.05, 4.69) is 0 Å². The van der Waals surface area contributed by atoms with Crippen LogP contribution in [0.25, 0.3) is 0 Å². The van der Waals surface area contributed by atoms with E-state index in [0.717, 1.165) is 5.56 Å². The second kappa shape index (κ2) is 8.75. The Labute approximate surface area is 185 Å². The molecule has 2 atom stereocenters. The average Bonchev–Trinajstić information content (AvgIpc) is 2.62. The molecule has 1 fully saturated rings. The summed E-state index contributed by atoms with van der Waals surface area (Å²) in [5.74, 6) is -0.0378. The van der Waals surface area contributed by atoms with E-state index in [-0.39, 0.29) is 18.4 Å². The summed E-state index contributed by atoms with van der Waals surface area (Å²) < 4.78 is 5.39. The van der Waals surface area contributed by atoms with Crippen molar-refractivity contribution in [3.63, 3.8) is 0 Å². The topological polar surface area (TPSA) is 70.1 Å². The van der Waals surface area contributed by atoms with Crippen LogP contribution in [0.4, 0.5) is 4.79 Å². The van der Waals surface area contributed by atoms with Gasteiger partial charge in [0.05, 0.1) is 5.60 Å². The van der Waals surface area contributed by atoms with Gasteiger partial charge in [-0.05, 0) is 51.8 Å². The van der Waals surface area contributed by atoms with E-state index < -0.39 is 22.7 Å². The lowest BCUT2D eigenvalue weighted by molar-refractivity contribution is -0.153. The lowest BCUT2D eigenvalue weighted by Crippen LogP contribution is -2.57. The molecule has 0 saturated carbocycles. The van der Waals surface area contributed by atoms with Gasteiger partial charge in [0.1, 0.15) is 5.60 Å². The first-order valence-electron chi connectivity index (χ1n) is 10.4. The quantitative estimate of drug-likeness (QED) is 0.754. The van der Waals surface area contributed by atoms with Gasteiger partial charge in [0.2, 0.25) is 5.91 Å². The zero-order chi connectivity index (χ0) is 22.9. The minimum atomic E-state index is -1.05. The van der Waals surface area contributed by atoms with Crippen molar-refractivity contribution in [2.45, 2.75) is 71.6 Å². The number of carbonyl (C=O) groups is 2. The van der Waals surface area contributed by atoms with Gasteiger partial charge in [-0.2, -0.15) is 0 Å². The first-order chi connectivity index (χ1) is 13.7. The van der Waals surface area contributed by atoms with E-state index in [9.17, 15) is 14.7 Å². The minimum absolute atomic E-state index is 0.0378. The van der Waals surface area contributed by atoms with E-state index in [1.807, 2.05) is 53.7 Å². The van der Waals surface area contributed by atoms with Gasteiger partial charge < -0.3 is 19.6 Å². The van der Waals surface area contributed by atoms with Crippen LogP contribution >= 0.6 is 11.6 Å². The molecule has 6 nitrogen and oxygen atoms in total. The van der Waals surface area contributed by atoms with Crippen LogP contribution in [0.5, 0.6) is 0 Å². The van der Waals surface area contributed by atoms with Gasteiger partial charge in [-0.1, -0.05) is 37.6 Å². The van der Waals surface area contributed by atoms with Gasteiger partial charge >= 0.3 is 6.09 Å². The Morgan fingerprint density at radius 1 is 1.27 bits per heavy atom. The molecule has 1 saturated heterocycles. The van der Waals surface area contributed by atoms with Crippen molar-refractivity contribution < 1.29 is 19.4 Å². The number of halogens is 1. The number of carbonyl (C=O) groups excluding carboxylic acids is 2. The van der Waals surface area contributed by atoms with E-state index in [4.69, 9.17) is 16.3 Å². The Morgan fingerprint density at radius 2 is 1.83 bits per heavy atom. The molecule has 2 rings (SSSR count). The molecule has 1 aliphatic heterocycles. The normalized spacial score (nSPS) is 22.4. The number of piperidine rings is 1. The molecule has 0 bridgehead atoms. The standard InChI is InChI=1S/C23H35ClN2O4/c1-16(25(7)20(28)30-21(2,3)4)14-19(27)26-13-12-23(29,22(5,6)15-26)17-8-10-18(24)11-9-17/h8-11,16,29H,12-15H2,1-7H3. The first-order valence-corrected chi connectivity index (χ1v) is 10.8. The highest BCUT2D eigenvalue weighted by Crippen LogP contribution is 2.46. The number of amides is 2. The number of hydrogen-bond donors (Lipinski definition) is 1. The van der Waals surface area contributed by atoms with Crippen LogP contribution in [-0.4, -0.2) is 58.7 Å². The van der Waals surface area contributed by atoms with Gasteiger partial charge in [0.15, 0.2) is 0 Å². The Hall–Kier alpha value is -1.79. The van der Waals surface area contributed by atoms with Crippen molar-refractivity contribution in [2.75, 3.05) is 20.1 Å². The third-order valence-electron chi connectivity index (χ3n) is 5.94. The maximum atomic E-state index is 12.9. The Kier molecular flexibility index (Phi) is 7.14.